The molecule has 1 fully saturated rings. The number of nitrogen functional groups attached to an aromatic ring is 1. The van der Waals surface area contributed by atoms with E-state index < -0.39 is 10.0 Å². The van der Waals surface area contributed by atoms with Gasteiger partial charge in [-0.1, -0.05) is 12.1 Å². The van der Waals surface area contributed by atoms with Gasteiger partial charge in [-0.3, -0.25) is 9.78 Å². The van der Waals surface area contributed by atoms with Crippen molar-refractivity contribution in [2.45, 2.75) is 18.9 Å². The average Bonchev–Trinajstić information content (AvgIpc) is 2.61. The topological polar surface area (TPSA) is 105 Å². The number of hydrogen-bond donors (Lipinski definition) is 2. The summed E-state index contributed by atoms with van der Waals surface area (Å²) in [6.07, 6.45) is 4.02. The van der Waals surface area contributed by atoms with Crippen LogP contribution in [0.4, 0.5) is 5.69 Å². The Hall–Kier alpha value is -2.45. The Morgan fingerprint density at radius 3 is 2.62 bits per heavy atom. The minimum absolute atomic E-state index is 0.0702. The molecule has 0 aliphatic carbocycles. The zero-order valence-corrected chi connectivity index (χ0v) is 15.4. The fourth-order valence-electron chi connectivity index (χ4n) is 3.14. The summed E-state index contributed by atoms with van der Waals surface area (Å²) in [6.45, 7) is 1.03. The Labute approximate surface area is 153 Å². The zero-order valence-electron chi connectivity index (χ0n) is 14.6. The number of nitrogens with one attached hydrogen (secondary N) is 1. The normalized spacial score (nSPS) is 15.8. The number of likely N-dealkylation sites (tertiary alicyclic amines) is 1. The summed E-state index contributed by atoms with van der Waals surface area (Å²) >= 11 is 0. The first-order valence-corrected chi connectivity index (χ1v) is 10.3. The number of amides is 1. The van der Waals surface area contributed by atoms with Crippen molar-refractivity contribution in [3.05, 3.63) is 48.2 Å². The molecular weight excluding hydrogens is 352 g/mol. The second-order valence-corrected chi connectivity index (χ2v) is 8.26. The van der Waals surface area contributed by atoms with E-state index in [1.54, 1.807) is 35.4 Å². The lowest BCUT2D eigenvalue weighted by molar-refractivity contribution is 0.0711. The molecule has 0 spiro atoms. The zero-order chi connectivity index (χ0) is 18.7. The quantitative estimate of drug-likeness (QED) is 0.843. The Balaban J connectivity index is 1.72. The number of pyridine rings is 1. The lowest BCUT2D eigenvalue weighted by Crippen LogP contribution is -2.46. The van der Waals surface area contributed by atoms with Gasteiger partial charge in [-0.2, -0.15) is 0 Å². The minimum Gasteiger partial charge on any atom is -0.397 e. The number of benzene rings is 1. The van der Waals surface area contributed by atoms with Gasteiger partial charge >= 0.3 is 0 Å². The molecule has 1 saturated heterocycles. The summed E-state index contributed by atoms with van der Waals surface area (Å²) in [5.74, 6) is -0.0702. The highest BCUT2D eigenvalue weighted by atomic mass is 32.2. The third-order valence-corrected chi connectivity index (χ3v) is 5.15. The van der Waals surface area contributed by atoms with Gasteiger partial charge in [-0.05, 0) is 37.1 Å². The van der Waals surface area contributed by atoms with Crippen molar-refractivity contribution in [1.82, 2.24) is 14.6 Å². The molecule has 7 nitrogen and oxygen atoms in total. The first kappa shape index (κ1) is 18.3. The fraction of sp³-hybridized carbons (Fsp3) is 0.333. The predicted octanol–water partition coefficient (Wildman–Crippen LogP) is 1.48. The smallest absolute Gasteiger partial charge is 0.253 e. The van der Waals surface area contributed by atoms with Crippen LogP contribution < -0.4 is 10.5 Å². The van der Waals surface area contributed by atoms with Crippen LogP contribution in [0.1, 0.15) is 23.2 Å². The number of anilines is 1. The standard InChI is InChI=1S/C18H22N4O3S/c1-26(24,25)21-15-7-10-22(11-8-15)18(23)14-5-2-4-13(12-14)17-16(19)6-3-9-20-17/h2-6,9,12,15,21H,7-8,10-11,19H2,1H3. The first-order chi connectivity index (χ1) is 12.3. The highest BCUT2D eigenvalue weighted by Gasteiger charge is 2.25. The SMILES string of the molecule is CS(=O)(=O)NC1CCN(C(=O)c2cccc(-c3ncccc3N)c2)CC1. The maximum absolute atomic E-state index is 12.8. The number of rotatable bonds is 4. The molecule has 8 heteroatoms. The first-order valence-electron chi connectivity index (χ1n) is 8.41. The number of hydrogen-bond acceptors (Lipinski definition) is 5. The summed E-state index contributed by atoms with van der Waals surface area (Å²) in [5.41, 5.74) is 8.55. The van der Waals surface area contributed by atoms with Gasteiger partial charge in [0.2, 0.25) is 10.0 Å². The molecule has 1 aliphatic rings. The average molecular weight is 374 g/mol. The van der Waals surface area contributed by atoms with Crippen molar-refractivity contribution >= 4 is 21.6 Å². The van der Waals surface area contributed by atoms with E-state index in [0.717, 1.165) is 11.8 Å². The van der Waals surface area contributed by atoms with Crippen molar-refractivity contribution in [2.24, 2.45) is 0 Å². The Kier molecular flexibility index (Phi) is 5.24. The molecule has 0 radical (unpaired) electrons. The number of carbonyl (C=O) groups is 1. The number of piperidine rings is 1. The fourth-order valence-corrected chi connectivity index (χ4v) is 3.99. The van der Waals surface area contributed by atoms with Crippen LogP contribution in [0.25, 0.3) is 11.3 Å². The van der Waals surface area contributed by atoms with Crippen LogP contribution in [0, 0.1) is 0 Å². The number of carbonyl (C=O) groups excluding carboxylic acids is 1. The second kappa shape index (κ2) is 7.43. The summed E-state index contributed by atoms with van der Waals surface area (Å²) < 4.78 is 25.3. The monoisotopic (exact) mass is 374 g/mol. The van der Waals surface area contributed by atoms with Gasteiger partial charge in [0.15, 0.2) is 0 Å². The Morgan fingerprint density at radius 1 is 1.23 bits per heavy atom. The molecule has 2 aromatic rings. The van der Waals surface area contributed by atoms with E-state index in [1.165, 1.54) is 0 Å². The van der Waals surface area contributed by atoms with Crippen molar-refractivity contribution < 1.29 is 13.2 Å². The molecule has 3 N–H and O–H groups in total. The lowest BCUT2D eigenvalue weighted by atomic mass is 10.0. The van der Waals surface area contributed by atoms with Gasteiger partial charge in [0, 0.05) is 36.5 Å². The molecule has 1 aliphatic heterocycles. The van der Waals surface area contributed by atoms with Crippen LogP contribution in [0.2, 0.25) is 0 Å². The summed E-state index contributed by atoms with van der Waals surface area (Å²) in [5, 5.41) is 0. The molecular formula is C18H22N4O3S. The van der Waals surface area contributed by atoms with Crippen molar-refractivity contribution in [1.29, 1.82) is 0 Å². The summed E-state index contributed by atoms with van der Waals surface area (Å²) in [6, 6.07) is 10.7. The van der Waals surface area contributed by atoms with Crippen LogP contribution >= 0.6 is 0 Å². The molecule has 3 rings (SSSR count). The van der Waals surface area contributed by atoms with Crippen molar-refractivity contribution in [2.75, 3.05) is 25.1 Å². The minimum atomic E-state index is -3.23. The highest BCUT2D eigenvalue weighted by Crippen LogP contribution is 2.24. The number of nitrogens with two attached hydrogens (primary N) is 1. The number of sulfonamides is 1. The molecule has 2 heterocycles. The van der Waals surface area contributed by atoms with Gasteiger partial charge in [-0.25, -0.2) is 13.1 Å². The van der Waals surface area contributed by atoms with Crippen LogP contribution in [-0.4, -0.2) is 49.6 Å². The van der Waals surface area contributed by atoms with E-state index in [-0.39, 0.29) is 11.9 Å². The summed E-state index contributed by atoms with van der Waals surface area (Å²) in [7, 11) is -3.23. The molecule has 26 heavy (non-hydrogen) atoms. The molecule has 0 atom stereocenters. The van der Waals surface area contributed by atoms with Gasteiger partial charge in [-0.15, -0.1) is 0 Å². The molecule has 0 bridgehead atoms. The third kappa shape index (κ3) is 4.39. The molecule has 138 valence electrons. The van der Waals surface area contributed by atoms with Crippen molar-refractivity contribution in [3.8, 4) is 11.3 Å². The third-order valence-electron chi connectivity index (χ3n) is 4.38. The van der Waals surface area contributed by atoms with Gasteiger partial charge in [0.05, 0.1) is 17.6 Å². The molecule has 1 amide bonds. The Bertz CT molecular complexity index is 906. The molecule has 1 aromatic carbocycles. The maximum Gasteiger partial charge on any atom is 0.253 e. The largest absolute Gasteiger partial charge is 0.397 e. The van der Waals surface area contributed by atoms with E-state index in [1.807, 2.05) is 12.1 Å². The second-order valence-electron chi connectivity index (χ2n) is 6.48. The molecule has 1 aromatic heterocycles. The molecule has 0 saturated carbocycles. The Morgan fingerprint density at radius 2 is 1.96 bits per heavy atom. The van der Waals surface area contributed by atoms with Crippen molar-refractivity contribution in [3.63, 3.8) is 0 Å². The van der Waals surface area contributed by atoms with E-state index in [2.05, 4.69) is 9.71 Å². The van der Waals surface area contributed by atoms with E-state index in [0.29, 0.717) is 42.9 Å². The highest BCUT2D eigenvalue weighted by molar-refractivity contribution is 7.88. The van der Waals surface area contributed by atoms with E-state index in [4.69, 9.17) is 5.73 Å². The predicted molar refractivity (Wildman–Crippen MR) is 101 cm³/mol. The molecule has 0 unspecified atom stereocenters. The maximum atomic E-state index is 12.8. The van der Waals surface area contributed by atoms with Gasteiger partial charge < -0.3 is 10.6 Å². The van der Waals surface area contributed by atoms with Crippen LogP contribution in [0.3, 0.4) is 0 Å². The number of nitrogens with zero attached hydrogens (tertiary/aromatic N) is 2. The van der Waals surface area contributed by atoms with Gasteiger partial charge in [0.25, 0.3) is 5.91 Å². The number of aromatic nitrogens is 1. The van der Waals surface area contributed by atoms with E-state index in [9.17, 15) is 13.2 Å². The van der Waals surface area contributed by atoms with Crippen LogP contribution in [0.15, 0.2) is 42.6 Å². The van der Waals surface area contributed by atoms with Crippen LogP contribution in [-0.2, 0) is 10.0 Å². The van der Waals surface area contributed by atoms with Gasteiger partial charge in [0.1, 0.15) is 0 Å². The lowest BCUT2D eigenvalue weighted by Gasteiger charge is -2.32. The van der Waals surface area contributed by atoms with Crippen LogP contribution in [0.5, 0.6) is 0 Å². The summed E-state index contributed by atoms with van der Waals surface area (Å²) in [4.78, 5) is 18.8. The van der Waals surface area contributed by atoms with E-state index >= 15 is 0 Å².